The molecule has 2 aromatic carbocycles. The second-order valence-electron chi connectivity index (χ2n) is 5.68. The maximum Gasteiger partial charge on any atom is 0.242 e. The first-order valence-corrected chi connectivity index (χ1v) is 8.29. The van der Waals surface area contributed by atoms with Crippen molar-refractivity contribution in [2.75, 3.05) is 13.2 Å². The number of hydrazine groups is 1. The van der Waals surface area contributed by atoms with E-state index in [1.807, 2.05) is 0 Å². The average Bonchev–Trinajstić information content (AvgIpc) is 2.62. The fraction of sp³-hybridized carbons (Fsp3) is 0.222. The lowest BCUT2D eigenvalue weighted by atomic mass is 10.1. The molecule has 2 N–H and O–H groups in total. The first-order chi connectivity index (χ1) is 12.5. The van der Waals surface area contributed by atoms with Crippen molar-refractivity contribution in [3.63, 3.8) is 0 Å². The molecule has 26 heavy (non-hydrogen) atoms. The Morgan fingerprint density at radius 2 is 1.58 bits per heavy atom. The van der Waals surface area contributed by atoms with Crippen molar-refractivity contribution in [2.24, 2.45) is 0 Å². The van der Waals surface area contributed by atoms with Crippen LogP contribution < -0.4 is 20.3 Å². The first kappa shape index (κ1) is 18.0. The van der Waals surface area contributed by atoms with Crippen LogP contribution in [0.4, 0.5) is 4.39 Å². The third-order valence-electron chi connectivity index (χ3n) is 3.64. The highest BCUT2D eigenvalue weighted by atomic mass is 35.5. The van der Waals surface area contributed by atoms with Crippen LogP contribution >= 0.6 is 11.6 Å². The molecule has 1 aliphatic heterocycles. The van der Waals surface area contributed by atoms with Gasteiger partial charge in [0.15, 0.2) is 11.5 Å². The second kappa shape index (κ2) is 8.05. The number of carbonyl (C=O) groups is 2. The zero-order chi connectivity index (χ0) is 18.5. The molecule has 0 saturated carbocycles. The number of rotatable bonds is 4. The molecule has 1 aliphatic rings. The molecule has 3 rings (SSSR count). The van der Waals surface area contributed by atoms with Gasteiger partial charge in [0.1, 0.15) is 19.0 Å². The Hall–Kier alpha value is -2.80. The van der Waals surface area contributed by atoms with E-state index in [1.54, 1.807) is 12.1 Å². The predicted molar refractivity (Wildman–Crippen MR) is 92.5 cm³/mol. The summed E-state index contributed by atoms with van der Waals surface area (Å²) in [4.78, 5) is 23.8. The Bertz CT molecular complexity index is 827. The standard InChI is InChI=1S/C18H16ClFN2O4/c19-14-7-12(8-15-18(14)26-6-5-25-15)10-17(24)22-21-16(23)9-11-1-3-13(20)4-2-11/h1-4,7-8H,5-6,9-10H2,(H,21,23)(H,22,24). The lowest BCUT2D eigenvalue weighted by molar-refractivity contribution is -0.128. The van der Waals surface area contributed by atoms with Gasteiger partial charge in [0.2, 0.25) is 11.8 Å². The van der Waals surface area contributed by atoms with Gasteiger partial charge < -0.3 is 9.47 Å². The summed E-state index contributed by atoms with van der Waals surface area (Å²) in [5, 5.41) is 0.366. The highest BCUT2D eigenvalue weighted by Gasteiger charge is 2.17. The topological polar surface area (TPSA) is 76.7 Å². The van der Waals surface area contributed by atoms with E-state index in [-0.39, 0.29) is 18.7 Å². The number of hydrogen-bond donors (Lipinski definition) is 2. The van der Waals surface area contributed by atoms with Crippen LogP contribution in [-0.4, -0.2) is 25.0 Å². The van der Waals surface area contributed by atoms with Crippen molar-refractivity contribution in [3.8, 4) is 11.5 Å². The maximum atomic E-state index is 12.8. The van der Waals surface area contributed by atoms with Gasteiger partial charge in [0, 0.05) is 0 Å². The molecule has 136 valence electrons. The van der Waals surface area contributed by atoms with E-state index in [2.05, 4.69) is 10.9 Å². The third kappa shape index (κ3) is 4.64. The Balaban J connectivity index is 1.52. The van der Waals surface area contributed by atoms with E-state index in [4.69, 9.17) is 21.1 Å². The summed E-state index contributed by atoms with van der Waals surface area (Å²) in [7, 11) is 0. The summed E-state index contributed by atoms with van der Waals surface area (Å²) in [6.45, 7) is 0.838. The molecule has 2 amide bonds. The minimum atomic E-state index is -0.412. The van der Waals surface area contributed by atoms with Crippen LogP contribution in [0.15, 0.2) is 36.4 Å². The van der Waals surface area contributed by atoms with Gasteiger partial charge in [-0.05, 0) is 35.4 Å². The molecule has 0 radical (unpaired) electrons. The predicted octanol–water partition coefficient (Wildman–Crippen LogP) is 2.18. The molecular weight excluding hydrogens is 363 g/mol. The van der Waals surface area contributed by atoms with Gasteiger partial charge in [-0.3, -0.25) is 20.4 Å². The van der Waals surface area contributed by atoms with E-state index in [9.17, 15) is 14.0 Å². The minimum absolute atomic E-state index is 0.00713. The quantitative estimate of drug-likeness (QED) is 0.799. The Kier molecular flexibility index (Phi) is 5.58. The van der Waals surface area contributed by atoms with Crippen LogP contribution in [0.25, 0.3) is 0 Å². The molecule has 0 spiro atoms. The molecule has 0 saturated heterocycles. The largest absolute Gasteiger partial charge is 0.486 e. The van der Waals surface area contributed by atoms with Crippen LogP contribution in [0.3, 0.4) is 0 Å². The summed E-state index contributed by atoms with van der Waals surface area (Å²) < 4.78 is 23.7. The van der Waals surface area contributed by atoms with Gasteiger partial charge in [-0.25, -0.2) is 4.39 Å². The van der Waals surface area contributed by atoms with Crippen molar-refractivity contribution in [1.82, 2.24) is 10.9 Å². The van der Waals surface area contributed by atoms with E-state index in [0.717, 1.165) is 0 Å². The molecule has 2 aromatic rings. The van der Waals surface area contributed by atoms with Gasteiger partial charge in [0.05, 0.1) is 17.9 Å². The summed E-state index contributed by atoms with van der Waals surface area (Å²) in [6, 6.07) is 8.86. The zero-order valence-corrected chi connectivity index (χ0v) is 14.4. The Morgan fingerprint density at radius 1 is 0.962 bits per heavy atom. The van der Waals surface area contributed by atoms with E-state index in [0.29, 0.717) is 40.9 Å². The van der Waals surface area contributed by atoms with Gasteiger partial charge in [0.25, 0.3) is 0 Å². The molecule has 0 fully saturated rings. The molecule has 0 aliphatic carbocycles. The molecular formula is C18H16ClFN2O4. The second-order valence-corrected chi connectivity index (χ2v) is 6.09. The number of hydrogen-bond acceptors (Lipinski definition) is 4. The van der Waals surface area contributed by atoms with E-state index >= 15 is 0 Å². The summed E-state index contributed by atoms with van der Waals surface area (Å²) >= 11 is 6.13. The first-order valence-electron chi connectivity index (χ1n) is 7.91. The van der Waals surface area contributed by atoms with Crippen molar-refractivity contribution in [1.29, 1.82) is 0 Å². The normalized spacial score (nSPS) is 12.4. The molecule has 1 heterocycles. The number of benzene rings is 2. The maximum absolute atomic E-state index is 12.8. The fourth-order valence-corrected chi connectivity index (χ4v) is 2.75. The van der Waals surface area contributed by atoms with Gasteiger partial charge in [-0.1, -0.05) is 23.7 Å². The van der Waals surface area contributed by atoms with Crippen LogP contribution in [0.1, 0.15) is 11.1 Å². The van der Waals surface area contributed by atoms with Crippen molar-refractivity contribution in [3.05, 3.63) is 58.4 Å². The number of ether oxygens (including phenoxy) is 2. The lowest BCUT2D eigenvalue weighted by Gasteiger charge is -2.20. The fourth-order valence-electron chi connectivity index (χ4n) is 2.47. The van der Waals surface area contributed by atoms with E-state index < -0.39 is 11.8 Å². The van der Waals surface area contributed by atoms with Crippen LogP contribution in [0, 0.1) is 5.82 Å². The molecule has 6 nitrogen and oxygen atoms in total. The van der Waals surface area contributed by atoms with Crippen LogP contribution in [0.2, 0.25) is 5.02 Å². The Labute approximate surface area is 154 Å². The Morgan fingerprint density at radius 3 is 2.27 bits per heavy atom. The van der Waals surface area contributed by atoms with Crippen LogP contribution in [0.5, 0.6) is 11.5 Å². The zero-order valence-electron chi connectivity index (χ0n) is 13.7. The molecule has 0 bridgehead atoms. The minimum Gasteiger partial charge on any atom is -0.486 e. The molecule has 0 aromatic heterocycles. The van der Waals surface area contributed by atoms with Crippen molar-refractivity contribution in [2.45, 2.75) is 12.8 Å². The summed E-state index contributed by atoms with van der Waals surface area (Å²) in [5.74, 6) is -0.238. The summed E-state index contributed by atoms with van der Waals surface area (Å²) in [5.41, 5.74) is 5.92. The number of carbonyl (C=O) groups excluding carboxylic acids is 2. The molecule has 0 atom stereocenters. The summed E-state index contributed by atoms with van der Waals surface area (Å²) in [6.07, 6.45) is 0.0313. The number of halogens is 2. The average molecular weight is 379 g/mol. The van der Waals surface area contributed by atoms with Gasteiger partial charge >= 0.3 is 0 Å². The van der Waals surface area contributed by atoms with Crippen molar-refractivity contribution >= 4 is 23.4 Å². The number of fused-ring (bicyclic) bond motifs is 1. The van der Waals surface area contributed by atoms with Crippen molar-refractivity contribution < 1.29 is 23.5 Å². The van der Waals surface area contributed by atoms with E-state index in [1.165, 1.54) is 24.3 Å². The smallest absolute Gasteiger partial charge is 0.242 e. The highest BCUT2D eigenvalue weighted by Crippen LogP contribution is 2.38. The molecule has 8 heteroatoms. The van der Waals surface area contributed by atoms with Gasteiger partial charge in [-0.2, -0.15) is 0 Å². The lowest BCUT2D eigenvalue weighted by Crippen LogP contribution is -2.43. The van der Waals surface area contributed by atoms with Gasteiger partial charge in [-0.15, -0.1) is 0 Å². The molecule has 0 unspecified atom stereocenters. The number of amides is 2. The highest BCUT2D eigenvalue weighted by molar-refractivity contribution is 6.32. The third-order valence-corrected chi connectivity index (χ3v) is 3.92. The van der Waals surface area contributed by atoms with Crippen LogP contribution in [-0.2, 0) is 22.4 Å². The number of nitrogens with one attached hydrogen (secondary N) is 2. The monoisotopic (exact) mass is 378 g/mol. The SMILES string of the molecule is O=C(Cc1ccc(F)cc1)NNC(=O)Cc1cc(Cl)c2c(c1)OCCO2.